The first-order chi connectivity index (χ1) is 3.84. The second-order valence-electron chi connectivity index (χ2n) is 1.76. The van der Waals surface area contributed by atoms with Crippen LogP contribution in [-0.2, 0) is 0 Å². The molecule has 0 fully saturated rings. The van der Waals surface area contributed by atoms with Gasteiger partial charge in [0, 0.05) is 11.9 Å². The fourth-order valence-electron chi connectivity index (χ4n) is 0.686. The SMILES string of the molecule is C=Cc1cc[nH]c1C. The van der Waals surface area contributed by atoms with Gasteiger partial charge in [0.05, 0.1) is 0 Å². The summed E-state index contributed by atoms with van der Waals surface area (Å²) >= 11 is 0. The first-order valence-corrected chi connectivity index (χ1v) is 2.61. The van der Waals surface area contributed by atoms with E-state index in [-0.39, 0.29) is 0 Å². The summed E-state index contributed by atoms with van der Waals surface area (Å²) in [5.74, 6) is 0. The zero-order valence-electron chi connectivity index (χ0n) is 4.94. The molecule has 1 nitrogen and oxygen atoms in total. The van der Waals surface area contributed by atoms with E-state index < -0.39 is 0 Å². The van der Waals surface area contributed by atoms with Gasteiger partial charge >= 0.3 is 0 Å². The van der Waals surface area contributed by atoms with Crippen LogP contribution in [0.1, 0.15) is 11.3 Å². The Morgan fingerprint density at radius 2 is 2.50 bits per heavy atom. The minimum atomic E-state index is 1.18. The van der Waals surface area contributed by atoms with Gasteiger partial charge in [-0.1, -0.05) is 12.7 Å². The molecular weight excluding hydrogens is 98.1 g/mol. The van der Waals surface area contributed by atoms with E-state index in [0.717, 1.165) is 0 Å². The second kappa shape index (κ2) is 1.86. The largest absolute Gasteiger partial charge is 0.365 e. The second-order valence-corrected chi connectivity index (χ2v) is 1.76. The third-order valence-electron chi connectivity index (χ3n) is 1.22. The molecule has 0 amide bonds. The number of rotatable bonds is 1. The highest BCUT2D eigenvalue weighted by atomic mass is 14.7. The fraction of sp³-hybridized carbons (Fsp3) is 0.143. The van der Waals surface area contributed by atoms with Crippen molar-refractivity contribution in [2.24, 2.45) is 0 Å². The summed E-state index contributed by atoms with van der Waals surface area (Å²) in [5, 5.41) is 0. The molecule has 1 heterocycles. The molecule has 0 atom stereocenters. The highest BCUT2D eigenvalue weighted by molar-refractivity contribution is 5.49. The van der Waals surface area contributed by atoms with Crippen LogP contribution in [0.4, 0.5) is 0 Å². The molecule has 0 aliphatic heterocycles. The lowest BCUT2D eigenvalue weighted by atomic mass is 10.3. The van der Waals surface area contributed by atoms with Gasteiger partial charge in [0.15, 0.2) is 0 Å². The molecule has 0 aromatic carbocycles. The molecule has 1 rings (SSSR count). The number of nitrogens with one attached hydrogen (secondary N) is 1. The number of H-pyrrole nitrogens is 1. The van der Waals surface area contributed by atoms with E-state index in [1.54, 1.807) is 0 Å². The molecule has 42 valence electrons. The van der Waals surface area contributed by atoms with Crippen LogP contribution in [0.3, 0.4) is 0 Å². The minimum Gasteiger partial charge on any atom is -0.365 e. The lowest BCUT2D eigenvalue weighted by Gasteiger charge is -1.84. The van der Waals surface area contributed by atoms with Gasteiger partial charge in [-0.05, 0) is 18.6 Å². The Morgan fingerprint density at radius 1 is 1.75 bits per heavy atom. The van der Waals surface area contributed by atoms with Crippen molar-refractivity contribution < 1.29 is 0 Å². The number of aryl methyl sites for hydroxylation is 1. The average Bonchev–Trinajstić information content (AvgIpc) is 2.14. The van der Waals surface area contributed by atoms with Crippen LogP contribution >= 0.6 is 0 Å². The molecule has 1 N–H and O–H groups in total. The molecule has 1 aromatic rings. The quantitative estimate of drug-likeness (QED) is 0.564. The van der Waals surface area contributed by atoms with Gasteiger partial charge in [0.2, 0.25) is 0 Å². The van der Waals surface area contributed by atoms with Crippen molar-refractivity contribution in [1.82, 2.24) is 4.98 Å². The Morgan fingerprint density at radius 3 is 2.75 bits per heavy atom. The standard InChI is InChI=1S/C7H9N/c1-3-7-4-5-8-6(7)2/h3-5,8H,1H2,2H3. The van der Waals surface area contributed by atoms with E-state index in [4.69, 9.17) is 0 Å². The van der Waals surface area contributed by atoms with Crippen molar-refractivity contribution in [3.63, 3.8) is 0 Å². The van der Waals surface area contributed by atoms with Crippen molar-refractivity contribution in [3.8, 4) is 0 Å². The van der Waals surface area contributed by atoms with Crippen LogP contribution in [0, 0.1) is 6.92 Å². The van der Waals surface area contributed by atoms with Crippen molar-refractivity contribution in [2.45, 2.75) is 6.92 Å². The van der Waals surface area contributed by atoms with Crippen LogP contribution in [0.2, 0.25) is 0 Å². The van der Waals surface area contributed by atoms with Crippen LogP contribution in [0.15, 0.2) is 18.8 Å². The van der Waals surface area contributed by atoms with Crippen molar-refractivity contribution in [2.75, 3.05) is 0 Å². The van der Waals surface area contributed by atoms with Crippen LogP contribution in [0.25, 0.3) is 6.08 Å². The third-order valence-corrected chi connectivity index (χ3v) is 1.22. The van der Waals surface area contributed by atoms with Crippen LogP contribution in [0.5, 0.6) is 0 Å². The van der Waals surface area contributed by atoms with Gasteiger partial charge in [-0.3, -0.25) is 0 Å². The van der Waals surface area contributed by atoms with Crippen LogP contribution < -0.4 is 0 Å². The van der Waals surface area contributed by atoms with E-state index >= 15 is 0 Å². The summed E-state index contributed by atoms with van der Waals surface area (Å²) in [5.41, 5.74) is 2.37. The molecule has 0 aliphatic rings. The summed E-state index contributed by atoms with van der Waals surface area (Å²) in [6.45, 7) is 5.67. The van der Waals surface area contributed by atoms with Crippen LogP contribution in [-0.4, -0.2) is 4.98 Å². The van der Waals surface area contributed by atoms with E-state index in [2.05, 4.69) is 11.6 Å². The number of hydrogen-bond acceptors (Lipinski definition) is 0. The fourth-order valence-corrected chi connectivity index (χ4v) is 0.686. The van der Waals surface area contributed by atoms with Crippen molar-refractivity contribution >= 4 is 6.08 Å². The minimum absolute atomic E-state index is 1.18. The Labute approximate surface area is 49.0 Å². The topological polar surface area (TPSA) is 15.8 Å². The molecule has 0 saturated heterocycles. The molecule has 0 bridgehead atoms. The molecule has 0 unspecified atom stereocenters. The summed E-state index contributed by atoms with van der Waals surface area (Å²) in [4.78, 5) is 3.05. The zero-order valence-corrected chi connectivity index (χ0v) is 4.94. The van der Waals surface area contributed by atoms with Gasteiger partial charge in [-0.2, -0.15) is 0 Å². The highest BCUT2D eigenvalue weighted by Crippen LogP contribution is 2.04. The smallest absolute Gasteiger partial charge is 0.0188 e. The first-order valence-electron chi connectivity index (χ1n) is 2.61. The summed E-state index contributed by atoms with van der Waals surface area (Å²) in [7, 11) is 0. The molecule has 8 heavy (non-hydrogen) atoms. The molecule has 1 aromatic heterocycles. The maximum Gasteiger partial charge on any atom is 0.0188 e. The Kier molecular flexibility index (Phi) is 1.20. The predicted octanol–water partition coefficient (Wildman–Crippen LogP) is 1.97. The number of aromatic nitrogens is 1. The van der Waals surface area contributed by atoms with Gasteiger partial charge in [0.25, 0.3) is 0 Å². The molecule has 1 heteroatoms. The monoisotopic (exact) mass is 107 g/mol. The number of aromatic amines is 1. The molecule has 0 aliphatic carbocycles. The maximum atomic E-state index is 3.64. The third kappa shape index (κ3) is 0.668. The van der Waals surface area contributed by atoms with E-state index in [9.17, 15) is 0 Å². The van der Waals surface area contributed by atoms with Crippen molar-refractivity contribution in [1.29, 1.82) is 0 Å². The highest BCUT2D eigenvalue weighted by Gasteiger charge is 1.88. The maximum absolute atomic E-state index is 3.64. The average molecular weight is 107 g/mol. The van der Waals surface area contributed by atoms with E-state index in [1.165, 1.54) is 11.3 Å². The molecular formula is C7H9N. The normalized spacial score (nSPS) is 9.12. The lowest BCUT2D eigenvalue weighted by molar-refractivity contribution is 1.26. The first kappa shape index (κ1) is 5.16. The van der Waals surface area contributed by atoms with Gasteiger partial charge < -0.3 is 4.98 Å². The molecule has 0 spiro atoms. The van der Waals surface area contributed by atoms with Gasteiger partial charge in [-0.15, -0.1) is 0 Å². The van der Waals surface area contributed by atoms with E-state index in [1.807, 2.05) is 25.3 Å². The van der Waals surface area contributed by atoms with Gasteiger partial charge in [-0.25, -0.2) is 0 Å². The summed E-state index contributed by atoms with van der Waals surface area (Å²) < 4.78 is 0. The van der Waals surface area contributed by atoms with Gasteiger partial charge in [0.1, 0.15) is 0 Å². The molecule has 0 radical (unpaired) electrons. The Hall–Kier alpha value is -0.980. The molecule has 0 saturated carbocycles. The summed E-state index contributed by atoms with van der Waals surface area (Å²) in [6, 6.07) is 2.00. The van der Waals surface area contributed by atoms with Crippen molar-refractivity contribution in [3.05, 3.63) is 30.1 Å². The Bertz CT molecular complexity index is 186. The predicted molar refractivity (Wildman–Crippen MR) is 35.6 cm³/mol. The zero-order chi connectivity index (χ0) is 5.98. The lowest BCUT2D eigenvalue weighted by Crippen LogP contribution is -1.69. The number of hydrogen-bond donors (Lipinski definition) is 1. The summed E-state index contributed by atoms with van der Waals surface area (Å²) in [6.07, 6.45) is 3.75. The van der Waals surface area contributed by atoms with E-state index in [0.29, 0.717) is 0 Å². The Balaban J connectivity index is 3.09.